The lowest BCUT2D eigenvalue weighted by Gasteiger charge is -2.07. The van der Waals surface area contributed by atoms with E-state index in [4.69, 9.17) is 9.26 Å². The predicted octanol–water partition coefficient (Wildman–Crippen LogP) is 2.39. The molecule has 0 saturated heterocycles. The first-order valence-electron chi connectivity index (χ1n) is 6.66. The topological polar surface area (TPSA) is 93.0 Å². The normalized spacial score (nSPS) is 10.4. The van der Waals surface area contributed by atoms with Gasteiger partial charge in [-0.1, -0.05) is 12.1 Å². The van der Waals surface area contributed by atoms with Crippen LogP contribution >= 0.6 is 0 Å². The number of aromatic nitrogens is 3. The summed E-state index contributed by atoms with van der Waals surface area (Å²) in [4.78, 5) is 11.9. The Morgan fingerprint density at radius 1 is 1.36 bits per heavy atom. The van der Waals surface area contributed by atoms with Crippen molar-refractivity contribution < 1.29 is 14.1 Å². The van der Waals surface area contributed by atoms with E-state index in [2.05, 4.69) is 20.7 Å². The monoisotopic (exact) mass is 298 g/mol. The van der Waals surface area contributed by atoms with Gasteiger partial charge in [0.2, 0.25) is 0 Å². The first kappa shape index (κ1) is 13.9. The van der Waals surface area contributed by atoms with Crippen LogP contribution in [-0.2, 0) is 4.79 Å². The average Bonchev–Trinajstić information content (AvgIpc) is 3.17. The molecule has 2 aromatic heterocycles. The van der Waals surface area contributed by atoms with Crippen LogP contribution in [0.5, 0.6) is 5.88 Å². The first-order valence-corrected chi connectivity index (χ1v) is 6.66. The quantitative estimate of drug-likeness (QED) is 0.754. The Hall–Kier alpha value is -3.09. The number of nitrogens with one attached hydrogen (secondary N) is 2. The molecule has 0 bridgehead atoms. The van der Waals surface area contributed by atoms with Gasteiger partial charge in [0.25, 0.3) is 11.8 Å². The van der Waals surface area contributed by atoms with E-state index in [0.29, 0.717) is 17.3 Å². The maximum atomic E-state index is 11.9. The van der Waals surface area contributed by atoms with Crippen LogP contribution in [0.3, 0.4) is 0 Å². The van der Waals surface area contributed by atoms with Gasteiger partial charge in [0.05, 0.1) is 5.69 Å². The molecule has 2 heterocycles. The lowest BCUT2D eigenvalue weighted by molar-refractivity contribution is -0.118. The molecule has 0 atom stereocenters. The minimum Gasteiger partial charge on any atom is -0.465 e. The third-order valence-electron chi connectivity index (χ3n) is 2.92. The lowest BCUT2D eigenvalue weighted by Crippen LogP contribution is -2.20. The van der Waals surface area contributed by atoms with Gasteiger partial charge >= 0.3 is 0 Å². The number of amides is 1. The molecular formula is C15H14N4O3. The van der Waals surface area contributed by atoms with Gasteiger partial charge in [0, 0.05) is 23.5 Å². The van der Waals surface area contributed by atoms with Crippen LogP contribution in [0.2, 0.25) is 0 Å². The van der Waals surface area contributed by atoms with E-state index in [-0.39, 0.29) is 12.5 Å². The minimum absolute atomic E-state index is 0.139. The van der Waals surface area contributed by atoms with Gasteiger partial charge in [0.15, 0.2) is 6.61 Å². The van der Waals surface area contributed by atoms with Crippen LogP contribution in [-0.4, -0.2) is 27.9 Å². The molecule has 3 rings (SSSR count). The highest BCUT2D eigenvalue weighted by atomic mass is 16.5. The van der Waals surface area contributed by atoms with Crippen molar-refractivity contribution in [1.82, 2.24) is 15.4 Å². The third-order valence-corrected chi connectivity index (χ3v) is 2.92. The molecule has 7 nitrogen and oxygen atoms in total. The van der Waals surface area contributed by atoms with Crippen molar-refractivity contribution in [3.63, 3.8) is 0 Å². The Balaban J connectivity index is 1.60. The number of hydrogen-bond donors (Lipinski definition) is 2. The van der Waals surface area contributed by atoms with Crippen molar-refractivity contribution in [3.05, 3.63) is 48.4 Å². The number of nitrogens with zero attached hydrogens (tertiary/aromatic N) is 2. The van der Waals surface area contributed by atoms with E-state index in [1.165, 1.54) is 0 Å². The molecular weight excluding hydrogens is 284 g/mol. The molecule has 1 aromatic carbocycles. The van der Waals surface area contributed by atoms with Crippen LogP contribution in [0, 0.1) is 6.92 Å². The van der Waals surface area contributed by atoms with Crippen LogP contribution in [0.15, 0.2) is 47.1 Å². The van der Waals surface area contributed by atoms with E-state index >= 15 is 0 Å². The summed E-state index contributed by atoms with van der Waals surface area (Å²) in [6.45, 7) is 1.61. The smallest absolute Gasteiger partial charge is 0.262 e. The molecule has 0 saturated carbocycles. The number of aromatic amines is 1. The highest BCUT2D eigenvalue weighted by Gasteiger charge is 2.07. The van der Waals surface area contributed by atoms with E-state index in [0.717, 1.165) is 11.3 Å². The Morgan fingerprint density at radius 2 is 2.27 bits per heavy atom. The molecule has 0 aliphatic carbocycles. The number of aryl methyl sites for hydroxylation is 1. The minimum atomic E-state index is -0.276. The van der Waals surface area contributed by atoms with Gasteiger partial charge in [0.1, 0.15) is 5.76 Å². The van der Waals surface area contributed by atoms with Crippen LogP contribution in [0.4, 0.5) is 5.69 Å². The number of H-pyrrole nitrogens is 1. The number of carbonyl (C=O) groups excluding carboxylic acids is 1. The van der Waals surface area contributed by atoms with Crippen LogP contribution in [0.1, 0.15) is 5.76 Å². The van der Waals surface area contributed by atoms with Crippen molar-refractivity contribution >= 4 is 11.6 Å². The van der Waals surface area contributed by atoms with Crippen molar-refractivity contribution in [3.8, 4) is 17.1 Å². The number of carbonyl (C=O) groups is 1. The standard InChI is InChI=1S/C15H14N4O3/c1-10-7-15(19-22-10)21-9-14(20)17-12-4-2-3-11(8-12)13-5-6-16-18-13/h2-8H,9H2,1H3,(H,16,18)(H,17,20). The molecule has 0 spiro atoms. The van der Waals surface area contributed by atoms with Gasteiger partial charge in [-0.3, -0.25) is 9.89 Å². The summed E-state index contributed by atoms with van der Waals surface area (Å²) in [6.07, 6.45) is 1.67. The summed E-state index contributed by atoms with van der Waals surface area (Å²) in [5, 5.41) is 13.2. The second-order valence-corrected chi connectivity index (χ2v) is 4.66. The zero-order chi connectivity index (χ0) is 15.4. The molecule has 2 N–H and O–H groups in total. The molecule has 22 heavy (non-hydrogen) atoms. The lowest BCUT2D eigenvalue weighted by atomic mass is 10.1. The first-order chi connectivity index (χ1) is 10.7. The number of rotatable bonds is 5. The van der Waals surface area contributed by atoms with E-state index in [9.17, 15) is 4.79 Å². The molecule has 3 aromatic rings. The Bertz CT molecular complexity index is 765. The summed E-state index contributed by atoms with van der Waals surface area (Å²) >= 11 is 0. The summed E-state index contributed by atoms with van der Waals surface area (Å²) in [5.41, 5.74) is 2.49. The maximum Gasteiger partial charge on any atom is 0.262 e. The molecule has 112 valence electrons. The Kier molecular flexibility index (Phi) is 3.86. The summed E-state index contributed by atoms with van der Waals surface area (Å²) in [7, 11) is 0. The molecule has 7 heteroatoms. The second kappa shape index (κ2) is 6.13. The summed E-state index contributed by atoms with van der Waals surface area (Å²) in [5.74, 6) is 0.643. The predicted molar refractivity (Wildman–Crippen MR) is 79.4 cm³/mol. The number of hydrogen-bond acceptors (Lipinski definition) is 5. The van der Waals surface area contributed by atoms with E-state index in [1.54, 1.807) is 25.3 Å². The molecule has 1 amide bonds. The fourth-order valence-electron chi connectivity index (χ4n) is 1.93. The molecule has 0 radical (unpaired) electrons. The van der Waals surface area contributed by atoms with Gasteiger partial charge in [-0.05, 0) is 30.3 Å². The highest BCUT2D eigenvalue weighted by Crippen LogP contribution is 2.20. The van der Waals surface area contributed by atoms with Crippen molar-refractivity contribution in [2.75, 3.05) is 11.9 Å². The highest BCUT2D eigenvalue weighted by molar-refractivity contribution is 5.92. The van der Waals surface area contributed by atoms with Crippen molar-refractivity contribution in [1.29, 1.82) is 0 Å². The van der Waals surface area contributed by atoms with Crippen molar-refractivity contribution in [2.45, 2.75) is 6.92 Å². The van der Waals surface area contributed by atoms with E-state index in [1.807, 2.05) is 24.3 Å². The largest absolute Gasteiger partial charge is 0.465 e. The third kappa shape index (κ3) is 3.32. The van der Waals surface area contributed by atoms with Gasteiger partial charge in [-0.2, -0.15) is 5.10 Å². The number of anilines is 1. The molecule has 0 aliphatic heterocycles. The fourth-order valence-corrected chi connectivity index (χ4v) is 1.93. The van der Waals surface area contributed by atoms with Crippen LogP contribution in [0.25, 0.3) is 11.3 Å². The average molecular weight is 298 g/mol. The van der Waals surface area contributed by atoms with Gasteiger partial charge in [-0.25, -0.2) is 0 Å². The van der Waals surface area contributed by atoms with Crippen molar-refractivity contribution in [2.24, 2.45) is 0 Å². The van der Waals surface area contributed by atoms with E-state index < -0.39 is 0 Å². The number of benzene rings is 1. The number of ether oxygens (including phenoxy) is 1. The fraction of sp³-hybridized carbons (Fsp3) is 0.133. The van der Waals surface area contributed by atoms with Gasteiger partial charge in [-0.15, -0.1) is 0 Å². The summed E-state index contributed by atoms with van der Waals surface area (Å²) in [6, 6.07) is 10.9. The zero-order valence-electron chi connectivity index (χ0n) is 11.9. The Labute approximate surface area is 126 Å². The zero-order valence-corrected chi connectivity index (χ0v) is 11.9. The second-order valence-electron chi connectivity index (χ2n) is 4.66. The summed E-state index contributed by atoms with van der Waals surface area (Å²) < 4.78 is 10.1. The maximum absolute atomic E-state index is 11.9. The van der Waals surface area contributed by atoms with Gasteiger partial charge < -0.3 is 14.6 Å². The molecule has 0 fully saturated rings. The molecule has 0 aliphatic rings. The van der Waals surface area contributed by atoms with Crippen LogP contribution < -0.4 is 10.1 Å². The molecule has 0 unspecified atom stereocenters. The SMILES string of the molecule is Cc1cc(OCC(=O)Nc2cccc(-c3ccn[nH]3)c2)no1. The Morgan fingerprint density at radius 3 is 3.00 bits per heavy atom.